The number of ether oxygens (including phenoxy) is 2. The predicted octanol–water partition coefficient (Wildman–Crippen LogP) is 5.46. The number of carbonyl (C=O) groups is 1. The second kappa shape index (κ2) is 11.7. The van der Waals surface area contributed by atoms with E-state index in [1.165, 1.54) is 55.6 Å². The first kappa shape index (κ1) is 30.3. The van der Waals surface area contributed by atoms with E-state index in [-0.39, 0.29) is 23.1 Å². The highest BCUT2D eigenvalue weighted by atomic mass is 19.4. The van der Waals surface area contributed by atoms with Gasteiger partial charge in [0.15, 0.2) is 11.5 Å². The summed E-state index contributed by atoms with van der Waals surface area (Å²) in [5.41, 5.74) is -4.17. The Balaban J connectivity index is 1.70. The first-order valence-corrected chi connectivity index (χ1v) is 13.2. The first-order chi connectivity index (χ1) is 19.3. The summed E-state index contributed by atoms with van der Waals surface area (Å²) in [6, 6.07) is 12.2. The first-order valence-electron chi connectivity index (χ1n) is 13.2. The molecule has 1 saturated carbocycles. The van der Waals surface area contributed by atoms with E-state index in [0.29, 0.717) is 23.4 Å². The van der Waals surface area contributed by atoms with Gasteiger partial charge < -0.3 is 25.2 Å². The Labute approximate surface area is 235 Å². The van der Waals surface area contributed by atoms with Crippen LogP contribution >= 0.6 is 0 Å². The molecule has 7 nitrogen and oxygen atoms in total. The highest BCUT2D eigenvalue weighted by Gasteiger charge is 2.56. The maximum atomic E-state index is 14.6. The molecule has 0 spiro atoms. The van der Waals surface area contributed by atoms with Crippen LogP contribution in [0.3, 0.4) is 0 Å². The molecular formula is C30H33F4N3O4. The summed E-state index contributed by atoms with van der Waals surface area (Å²) in [4.78, 5) is 17.1. The van der Waals surface area contributed by atoms with Crippen LogP contribution in [0.5, 0.6) is 11.5 Å². The molecule has 220 valence electrons. The van der Waals surface area contributed by atoms with Crippen LogP contribution in [0.15, 0.2) is 54.6 Å². The molecule has 1 atom stereocenters. The van der Waals surface area contributed by atoms with Gasteiger partial charge in [-0.05, 0) is 93.4 Å². The number of carbonyl (C=O) groups excluding carboxylic acids is 1. The molecular weight excluding hydrogens is 542 g/mol. The van der Waals surface area contributed by atoms with Crippen LogP contribution in [0.4, 0.5) is 17.6 Å². The Kier molecular flexibility index (Phi) is 8.60. The van der Waals surface area contributed by atoms with Crippen LogP contribution in [0, 0.1) is 5.82 Å². The lowest BCUT2D eigenvalue weighted by atomic mass is 9.88. The molecule has 0 aliphatic heterocycles. The average Bonchev–Trinajstić information content (AvgIpc) is 3.75. The minimum atomic E-state index is -5.21. The summed E-state index contributed by atoms with van der Waals surface area (Å²) < 4.78 is 68.3. The van der Waals surface area contributed by atoms with Gasteiger partial charge in [-0.3, -0.25) is 4.79 Å². The van der Waals surface area contributed by atoms with Gasteiger partial charge in [-0.1, -0.05) is 6.92 Å². The lowest BCUT2D eigenvalue weighted by Crippen LogP contribution is -2.52. The number of methoxy groups -OCH3 is 1. The molecule has 11 heteroatoms. The Hall–Kier alpha value is -3.70. The van der Waals surface area contributed by atoms with Gasteiger partial charge in [0.1, 0.15) is 5.82 Å². The number of rotatable bonds is 11. The van der Waals surface area contributed by atoms with Crippen molar-refractivity contribution in [2.75, 3.05) is 20.2 Å². The molecule has 0 bridgehead atoms. The van der Waals surface area contributed by atoms with Crippen molar-refractivity contribution in [2.24, 2.45) is 0 Å². The van der Waals surface area contributed by atoms with Crippen molar-refractivity contribution < 1.29 is 36.9 Å². The lowest BCUT2D eigenvalue weighted by Gasteiger charge is -2.33. The summed E-state index contributed by atoms with van der Waals surface area (Å²) in [6.45, 7) is 4.72. The van der Waals surface area contributed by atoms with Crippen LogP contribution in [-0.4, -0.2) is 48.5 Å². The van der Waals surface area contributed by atoms with E-state index in [2.05, 4.69) is 15.6 Å². The van der Waals surface area contributed by atoms with Gasteiger partial charge in [0.05, 0.1) is 31.1 Å². The number of halogens is 4. The quantitative estimate of drug-likeness (QED) is 0.263. The molecule has 4 rings (SSSR count). The zero-order valence-corrected chi connectivity index (χ0v) is 23.2. The predicted molar refractivity (Wildman–Crippen MR) is 145 cm³/mol. The smallest absolute Gasteiger partial charge is 0.424 e. The molecule has 41 heavy (non-hydrogen) atoms. The SMILES string of the molecule is CCNC(C)(C)c1cc(-c2ccc(F)cc2)nc(C(O)(CNC(=O)c2ccc(OC3CC3)c(OC)c2)C(F)(F)F)c1. The van der Waals surface area contributed by atoms with Crippen molar-refractivity contribution in [3.8, 4) is 22.8 Å². The number of benzene rings is 2. The molecule has 1 aliphatic carbocycles. The molecule has 1 amide bonds. The van der Waals surface area contributed by atoms with E-state index < -0.39 is 41.3 Å². The topological polar surface area (TPSA) is 92.7 Å². The van der Waals surface area contributed by atoms with Gasteiger partial charge in [0.25, 0.3) is 5.91 Å². The molecule has 1 unspecified atom stereocenters. The maximum absolute atomic E-state index is 14.6. The van der Waals surface area contributed by atoms with Crippen molar-refractivity contribution in [2.45, 2.75) is 57.0 Å². The Morgan fingerprint density at radius 3 is 2.32 bits per heavy atom. The number of amides is 1. The Morgan fingerprint density at radius 2 is 1.73 bits per heavy atom. The van der Waals surface area contributed by atoms with E-state index in [1.807, 2.05) is 6.92 Å². The highest BCUT2D eigenvalue weighted by molar-refractivity contribution is 5.95. The Morgan fingerprint density at radius 1 is 1.05 bits per heavy atom. The number of aromatic nitrogens is 1. The summed E-state index contributed by atoms with van der Waals surface area (Å²) in [7, 11) is 1.39. The second-order valence-electron chi connectivity index (χ2n) is 10.5. The zero-order valence-electron chi connectivity index (χ0n) is 23.2. The summed E-state index contributed by atoms with van der Waals surface area (Å²) in [5.74, 6) is -0.682. The van der Waals surface area contributed by atoms with Crippen molar-refractivity contribution >= 4 is 5.91 Å². The number of alkyl halides is 3. The zero-order chi connectivity index (χ0) is 30.0. The van der Waals surface area contributed by atoms with E-state index in [0.717, 1.165) is 12.8 Å². The standard InChI is InChI=1S/C30H33F4N3O4/c1-5-36-28(2,3)20-15-23(18-6-9-21(31)10-7-18)37-26(16-20)29(39,30(32,33)34)17-35-27(38)19-8-13-24(25(14-19)40-4)41-22-11-12-22/h6-10,13-16,22,36,39H,5,11-12,17H2,1-4H3,(H,35,38). The summed E-state index contributed by atoms with van der Waals surface area (Å²) >= 11 is 0. The number of pyridine rings is 1. The van der Waals surface area contributed by atoms with Crippen molar-refractivity contribution in [3.05, 3.63) is 77.2 Å². The van der Waals surface area contributed by atoms with Crippen LogP contribution < -0.4 is 20.1 Å². The fourth-order valence-corrected chi connectivity index (χ4v) is 4.33. The van der Waals surface area contributed by atoms with E-state index in [1.54, 1.807) is 19.9 Å². The number of aliphatic hydroxyl groups is 1. The third-order valence-electron chi connectivity index (χ3n) is 6.95. The Bertz CT molecular complexity index is 1390. The molecule has 1 aliphatic rings. The van der Waals surface area contributed by atoms with E-state index >= 15 is 0 Å². The third kappa shape index (κ3) is 6.79. The van der Waals surface area contributed by atoms with Crippen molar-refractivity contribution in [1.29, 1.82) is 0 Å². The fourth-order valence-electron chi connectivity index (χ4n) is 4.33. The number of nitrogens with one attached hydrogen (secondary N) is 2. The largest absolute Gasteiger partial charge is 0.493 e. The van der Waals surface area contributed by atoms with E-state index in [4.69, 9.17) is 9.47 Å². The lowest BCUT2D eigenvalue weighted by molar-refractivity contribution is -0.265. The van der Waals surface area contributed by atoms with Crippen molar-refractivity contribution in [3.63, 3.8) is 0 Å². The molecule has 2 aromatic carbocycles. The van der Waals surface area contributed by atoms with Gasteiger partial charge in [-0.25, -0.2) is 9.37 Å². The normalized spacial score (nSPS) is 15.2. The average molecular weight is 576 g/mol. The number of hydrogen-bond acceptors (Lipinski definition) is 6. The van der Waals surface area contributed by atoms with Crippen LogP contribution in [0.25, 0.3) is 11.3 Å². The van der Waals surface area contributed by atoms with Crippen molar-refractivity contribution in [1.82, 2.24) is 15.6 Å². The van der Waals surface area contributed by atoms with Gasteiger partial charge in [0.2, 0.25) is 5.60 Å². The number of nitrogens with zero attached hydrogens (tertiary/aromatic N) is 1. The summed E-state index contributed by atoms with van der Waals surface area (Å²) in [5, 5.41) is 16.6. The highest BCUT2D eigenvalue weighted by Crippen LogP contribution is 2.40. The molecule has 1 heterocycles. The minimum Gasteiger partial charge on any atom is -0.493 e. The second-order valence-corrected chi connectivity index (χ2v) is 10.5. The van der Waals surface area contributed by atoms with Gasteiger partial charge in [-0.2, -0.15) is 13.2 Å². The monoisotopic (exact) mass is 575 g/mol. The molecule has 1 aromatic heterocycles. The van der Waals surface area contributed by atoms with Gasteiger partial charge >= 0.3 is 6.18 Å². The van der Waals surface area contributed by atoms with Crippen LogP contribution in [0.2, 0.25) is 0 Å². The van der Waals surface area contributed by atoms with Crippen LogP contribution in [0.1, 0.15) is 55.2 Å². The van der Waals surface area contributed by atoms with Crippen LogP contribution in [-0.2, 0) is 11.1 Å². The molecule has 3 N–H and O–H groups in total. The van der Waals surface area contributed by atoms with Gasteiger partial charge in [0, 0.05) is 16.7 Å². The minimum absolute atomic E-state index is 0.0245. The fraction of sp³-hybridized carbons (Fsp3) is 0.400. The maximum Gasteiger partial charge on any atom is 0.424 e. The molecule has 1 fully saturated rings. The van der Waals surface area contributed by atoms with E-state index in [9.17, 15) is 27.5 Å². The molecule has 0 saturated heterocycles. The van der Waals surface area contributed by atoms with Gasteiger partial charge in [-0.15, -0.1) is 0 Å². The summed E-state index contributed by atoms with van der Waals surface area (Å²) in [6.07, 6.45) is -3.32. The molecule has 0 radical (unpaired) electrons. The molecule has 3 aromatic rings. The third-order valence-corrected chi connectivity index (χ3v) is 6.95. The number of hydrogen-bond donors (Lipinski definition) is 3.